The molecule has 0 aliphatic carbocycles. The highest BCUT2D eigenvalue weighted by Crippen LogP contribution is 2.38. The van der Waals surface area contributed by atoms with Gasteiger partial charge in [0.15, 0.2) is 11.5 Å². The fourth-order valence-electron chi connectivity index (χ4n) is 4.27. The summed E-state index contributed by atoms with van der Waals surface area (Å²) in [5.74, 6) is -0.959. The maximum atomic E-state index is 15.1. The molecule has 4 rings (SSSR count). The molecular formula is C22H23ClFN5O3. The molecule has 1 aromatic heterocycles. The lowest BCUT2D eigenvalue weighted by atomic mass is 10.0. The molecule has 2 unspecified atom stereocenters. The zero-order valence-corrected chi connectivity index (χ0v) is 18.5. The number of nitrogens with zero attached hydrogens (tertiary/aromatic N) is 4. The van der Waals surface area contributed by atoms with E-state index in [1.165, 1.54) is 12.4 Å². The van der Waals surface area contributed by atoms with Crippen LogP contribution in [0, 0.1) is 12.4 Å². The molecule has 8 nitrogen and oxygen atoms in total. The fraction of sp³-hybridized carbons (Fsp3) is 0.455. The summed E-state index contributed by atoms with van der Waals surface area (Å²) >= 11 is 6.17. The number of hydrogen-bond acceptors (Lipinski definition) is 6. The maximum Gasteiger partial charge on any atom is 0.410 e. The molecule has 1 aromatic carbocycles. The number of carbonyl (C=O) groups excluding carboxylic acids is 1. The van der Waals surface area contributed by atoms with Crippen LogP contribution in [0.5, 0.6) is 5.88 Å². The summed E-state index contributed by atoms with van der Waals surface area (Å²) in [6.45, 7) is 10.7. The molecule has 168 valence electrons. The highest BCUT2D eigenvalue weighted by Gasteiger charge is 2.45. The molecule has 2 saturated heterocycles. The molecule has 1 N–H and O–H groups in total. The highest BCUT2D eigenvalue weighted by atomic mass is 35.5. The molecule has 2 aliphatic heterocycles. The monoisotopic (exact) mass is 459 g/mol. The van der Waals surface area contributed by atoms with Gasteiger partial charge >= 0.3 is 6.09 Å². The molecule has 0 radical (unpaired) electrons. The number of carbonyl (C=O) groups is 1. The molecule has 2 aliphatic rings. The van der Waals surface area contributed by atoms with Crippen LogP contribution in [0.25, 0.3) is 4.85 Å². The van der Waals surface area contributed by atoms with E-state index in [1.54, 1.807) is 17.0 Å². The van der Waals surface area contributed by atoms with Crippen LogP contribution in [0.2, 0.25) is 5.02 Å². The number of amides is 1. The Morgan fingerprint density at radius 2 is 2.03 bits per heavy atom. The normalized spacial score (nSPS) is 21.9. The molecule has 2 bridgehead atoms. The van der Waals surface area contributed by atoms with Crippen molar-refractivity contribution in [3.8, 4) is 5.88 Å². The van der Waals surface area contributed by atoms with Gasteiger partial charge in [-0.15, -0.1) is 0 Å². The first kappa shape index (κ1) is 22.1. The number of anilines is 2. The van der Waals surface area contributed by atoms with Crippen LogP contribution in [0.15, 0.2) is 24.5 Å². The summed E-state index contributed by atoms with van der Waals surface area (Å²) in [5, 5.41) is 3.10. The zero-order chi connectivity index (χ0) is 22.8. The third kappa shape index (κ3) is 4.55. The number of piperidine rings is 1. The highest BCUT2D eigenvalue weighted by molar-refractivity contribution is 6.33. The minimum Gasteiger partial charge on any atom is -0.472 e. The van der Waals surface area contributed by atoms with Gasteiger partial charge in [0.1, 0.15) is 12.4 Å². The number of rotatable bonds is 5. The molecule has 32 heavy (non-hydrogen) atoms. The Balaban J connectivity index is 1.45. The van der Waals surface area contributed by atoms with Gasteiger partial charge in [-0.1, -0.05) is 17.7 Å². The molecule has 0 spiro atoms. The summed E-state index contributed by atoms with van der Waals surface area (Å²) < 4.78 is 26.3. The van der Waals surface area contributed by atoms with E-state index in [1.807, 2.05) is 13.8 Å². The Morgan fingerprint density at radius 1 is 1.31 bits per heavy atom. The van der Waals surface area contributed by atoms with E-state index in [-0.39, 0.29) is 47.1 Å². The number of aromatic nitrogens is 2. The van der Waals surface area contributed by atoms with Gasteiger partial charge in [0, 0.05) is 24.9 Å². The van der Waals surface area contributed by atoms with Gasteiger partial charge in [-0.3, -0.25) is 0 Å². The van der Waals surface area contributed by atoms with Gasteiger partial charge in [0.05, 0.1) is 23.4 Å². The molecule has 0 saturated carbocycles. The Morgan fingerprint density at radius 3 is 2.66 bits per heavy atom. The minimum atomic E-state index is -0.730. The third-order valence-electron chi connectivity index (χ3n) is 5.61. The first-order valence-corrected chi connectivity index (χ1v) is 10.8. The quantitative estimate of drug-likeness (QED) is 0.596. The van der Waals surface area contributed by atoms with Gasteiger partial charge in [-0.05, 0) is 38.8 Å². The molecular weight excluding hydrogens is 437 g/mol. The van der Waals surface area contributed by atoms with E-state index in [0.717, 1.165) is 12.8 Å². The van der Waals surface area contributed by atoms with Crippen LogP contribution in [-0.4, -0.2) is 45.3 Å². The number of fused-ring (bicyclic) bond motifs is 2. The first-order valence-electron chi connectivity index (χ1n) is 10.5. The van der Waals surface area contributed by atoms with Crippen LogP contribution < -0.4 is 10.1 Å². The van der Waals surface area contributed by atoms with Crippen LogP contribution in [0.3, 0.4) is 0 Å². The number of ether oxygens (including phenoxy) is 2. The number of nitrogens with one attached hydrogen (secondary N) is 1. The summed E-state index contributed by atoms with van der Waals surface area (Å²) in [6.07, 6.45) is 3.38. The SMILES string of the molecule is [C-]#[N+]c1ccc(Nc2ncnc(OC3CC4CCC(C3)N4C(=O)OC(C)C)c2F)c(Cl)c1. The van der Waals surface area contributed by atoms with Gasteiger partial charge in [0.2, 0.25) is 5.82 Å². The average Bonchev–Trinajstić information content (AvgIpc) is 3.02. The topological polar surface area (TPSA) is 80.9 Å². The second kappa shape index (κ2) is 9.17. The van der Waals surface area contributed by atoms with Crippen molar-refractivity contribution in [2.24, 2.45) is 0 Å². The Kier molecular flexibility index (Phi) is 6.33. The molecule has 2 atom stereocenters. The smallest absolute Gasteiger partial charge is 0.410 e. The first-order chi connectivity index (χ1) is 15.4. The van der Waals surface area contributed by atoms with Gasteiger partial charge < -0.3 is 19.7 Å². The van der Waals surface area contributed by atoms with Gasteiger partial charge in [-0.2, -0.15) is 9.37 Å². The van der Waals surface area contributed by atoms with E-state index in [0.29, 0.717) is 24.2 Å². The van der Waals surface area contributed by atoms with E-state index >= 15 is 4.39 Å². The molecule has 3 heterocycles. The summed E-state index contributed by atoms with van der Waals surface area (Å²) in [7, 11) is 0. The molecule has 2 aromatic rings. The third-order valence-corrected chi connectivity index (χ3v) is 5.92. The molecule has 2 fully saturated rings. The van der Waals surface area contributed by atoms with Gasteiger partial charge in [0.25, 0.3) is 5.88 Å². The van der Waals surface area contributed by atoms with Crippen molar-refractivity contribution < 1.29 is 18.7 Å². The van der Waals surface area contributed by atoms with Crippen molar-refractivity contribution in [2.45, 2.75) is 63.8 Å². The van der Waals surface area contributed by atoms with Crippen LogP contribution in [0.4, 0.5) is 26.4 Å². The number of halogens is 2. The second-order valence-corrected chi connectivity index (χ2v) is 8.59. The van der Waals surface area contributed by atoms with Crippen molar-refractivity contribution in [1.29, 1.82) is 0 Å². The zero-order valence-electron chi connectivity index (χ0n) is 17.7. The van der Waals surface area contributed by atoms with E-state index in [9.17, 15) is 4.79 Å². The lowest BCUT2D eigenvalue weighted by Crippen LogP contribution is -2.50. The number of hydrogen-bond donors (Lipinski definition) is 1. The van der Waals surface area contributed by atoms with Gasteiger partial charge in [-0.25, -0.2) is 14.6 Å². The van der Waals surface area contributed by atoms with Crippen molar-refractivity contribution >= 4 is 34.9 Å². The summed E-state index contributed by atoms with van der Waals surface area (Å²) in [6, 6.07) is 4.66. The Labute approximate surface area is 190 Å². The number of benzene rings is 1. The molecule has 10 heteroatoms. The average molecular weight is 460 g/mol. The predicted molar refractivity (Wildman–Crippen MR) is 117 cm³/mol. The lowest BCUT2D eigenvalue weighted by Gasteiger charge is -2.38. The summed E-state index contributed by atoms with van der Waals surface area (Å²) in [5.41, 5.74) is 0.795. The van der Waals surface area contributed by atoms with E-state index in [2.05, 4.69) is 20.1 Å². The van der Waals surface area contributed by atoms with Crippen LogP contribution in [-0.2, 0) is 4.74 Å². The van der Waals surface area contributed by atoms with E-state index in [4.69, 9.17) is 27.6 Å². The Bertz CT molecular complexity index is 1050. The largest absolute Gasteiger partial charge is 0.472 e. The maximum absolute atomic E-state index is 15.1. The van der Waals surface area contributed by atoms with Crippen LogP contribution in [0.1, 0.15) is 39.5 Å². The standard InChI is InChI=1S/C22H23ClFN5O3/c1-12(2)31-22(30)29-14-5-6-15(29)10-16(9-14)32-21-19(24)20(26-11-27-21)28-18-7-4-13(25-3)8-17(18)23/h4,7-8,11-12,14-16H,5-6,9-10H2,1-2H3,(H,26,27,28). The fourth-order valence-corrected chi connectivity index (χ4v) is 4.49. The predicted octanol–water partition coefficient (Wildman–Crippen LogP) is 5.48. The Hall–Kier alpha value is -3.12. The van der Waals surface area contributed by atoms with E-state index < -0.39 is 5.82 Å². The van der Waals surface area contributed by atoms with Crippen molar-refractivity contribution in [1.82, 2.24) is 14.9 Å². The summed E-state index contributed by atoms with van der Waals surface area (Å²) in [4.78, 5) is 25.4. The second-order valence-electron chi connectivity index (χ2n) is 8.18. The van der Waals surface area contributed by atoms with Crippen LogP contribution >= 0.6 is 11.6 Å². The lowest BCUT2D eigenvalue weighted by molar-refractivity contribution is 0.0198. The van der Waals surface area contributed by atoms with Crippen molar-refractivity contribution in [3.63, 3.8) is 0 Å². The van der Waals surface area contributed by atoms with Crippen molar-refractivity contribution in [2.75, 3.05) is 5.32 Å². The molecule has 1 amide bonds. The van der Waals surface area contributed by atoms with Crippen molar-refractivity contribution in [3.05, 3.63) is 46.8 Å². The minimum absolute atomic E-state index is 0.00673.